The van der Waals surface area contributed by atoms with Gasteiger partial charge in [-0.3, -0.25) is 4.79 Å². The van der Waals surface area contributed by atoms with E-state index in [1.54, 1.807) is 25.1 Å². The fraction of sp³-hybridized carbons (Fsp3) is 0.188. The lowest BCUT2D eigenvalue weighted by atomic mass is 10.2. The van der Waals surface area contributed by atoms with Gasteiger partial charge in [0.1, 0.15) is 5.82 Å². The highest BCUT2D eigenvalue weighted by Crippen LogP contribution is 2.22. The molecule has 110 valence electrons. The third-order valence-electron chi connectivity index (χ3n) is 3.03. The minimum Gasteiger partial charge on any atom is -0.376 e. The zero-order valence-corrected chi connectivity index (χ0v) is 12.6. The lowest BCUT2D eigenvalue weighted by molar-refractivity contribution is -0.114. The molecule has 21 heavy (non-hydrogen) atoms. The number of halogens is 2. The van der Waals surface area contributed by atoms with Gasteiger partial charge in [0.25, 0.3) is 0 Å². The van der Waals surface area contributed by atoms with Crippen LogP contribution in [0.4, 0.5) is 15.8 Å². The largest absolute Gasteiger partial charge is 0.376 e. The molecule has 0 atom stereocenters. The molecule has 2 N–H and O–H groups in total. The Bertz CT molecular complexity index is 673. The molecule has 0 saturated carbocycles. The number of hydrogen-bond acceptors (Lipinski definition) is 2. The Morgan fingerprint density at radius 3 is 2.52 bits per heavy atom. The molecule has 0 aromatic heterocycles. The van der Waals surface area contributed by atoms with Gasteiger partial charge in [-0.05, 0) is 55.3 Å². The van der Waals surface area contributed by atoms with Crippen molar-refractivity contribution >= 4 is 28.9 Å². The molecule has 0 fully saturated rings. The minimum atomic E-state index is -0.297. The highest BCUT2D eigenvalue weighted by molar-refractivity contribution is 6.33. The van der Waals surface area contributed by atoms with Gasteiger partial charge in [0.15, 0.2) is 0 Å². The highest BCUT2D eigenvalue weighted by atomic mass is 35.5. The number of carbonyl (C=O) groups excluding carboxylic acids is 1. The number of amides is 1. The van der Waals surface area contributed by atoms with E-state index in [4.69, 9.17) is 11.6 Å². The van der Waals surface area contributed by atoms with Gasteiger partial charge < -0.3 is 10.6 Å². The third-order valence-corrected chi connectivity index (χ3v) is 3.34. The standard InChI is InChI=1S/C16H16ClFN2O/c1-10-3-5-15(13(17)7-10)20-16(21)9-19-14-6-4-12(18)8-11(14)2/h3-8,19H,9H2,1-2H3,(H,20,21). The molecule has 3 nitrogen and oxygen atoms in total. The Morgan fingerprint density at radius 2 is 1.86 bits per heavy atom. The molecule has 0 radical (unpaired) electrons. The number of carbonyl (C=O) groups is 1. The summed E-state index contributed by atoms with van der Waals surface area (Å²) in [6.07, 6.45) is 0. The summed E-state index contributed by atoms with van der Waals surface area (Å²) in [5, 5.41) is 6.20. The summed E-state index contributed by atoms with van der Waals surface area (Å²) < 4.78 is 13.0. The maximum Gasteiger partial charge on any atom is 0.243 e. The van der Waals surface area contributed by atoms with Crippen molar-refractivity contribution in [1.29, 1.82) is 0 Å². The summed E-state index contributed by atoms with van der Waals surface area (Å²) in [6.45, 7) is 3.78. The predicted molar refractivity (Wildman–Crippen MR) is 84.4 cm³/mol. The van der Waals surface area contributed by atoms with E-state index in [9.17, 15) is 9.18 Å². The van der Waals surface area contributed by atoms with Crippen LogP contribution in [0.5, 0.6) is 0 Å². The molecule has 5 heteroatoms. The van der Waals surface area contributed by atoms with E-state index in [-0.39, 0.29) is 18.3 Å². The smallest absolute Gasteiger partial charge is 0.243 e. The maximum atomic E-state index is 13.0. The Hall–Kier alpha value is -2.07. The van der Waals surface area contributed by atoms with Crippen LogP contribution >= 0.6 is 11.6 Å². The fourth-order valence-electron chi connectivity index (χ4n) is 1.92. The average molecular weight is 307 g/mol. The first-order chi connectivity index (χ1) is 9.95. The number of rotatable bonds is 4. The van der Waals surface area contributed by atoms with Gasteiger partial charge in [-0.2, -0.15) is 0 Å². The van der Waals surface area contributed by atoms with Crippen LogP contribution in [0, 0.1) is 19.7 Å². The van der Waals surface area contributed by atoms with E-state index in [1.165, 1.54) is 12.1 Å². The average Bonchev–Trinajstić information content (AvgIpc) is 2.41. The first kappa shape index (κ1) is 15.3. The summed E-state index contributed by atoms with van der Waals surface area (Å²) >= 11 is 6.06. The van der Waals surface area contributed by atoms with Crippen molar-refractivity contribution in [2.75, 3.05) is 17.2 Å². The molecule has 0 aliphatic rings. The van der Waals surface area contributed by atoms with Crippen molar-refractivity contribution < 1.29 is 9.18 Å². The number of benzene rings is 2. The van der Waals surface area contributed by atoms with Crippen LogP contribution in [0.3, 0.4) is 0 Å². The summed E-state index contributed by atoms with van der Waals surface area (Å²) in [5.74, 6) is -0.515. The van der Waals surface area contributed by atoms with Crippen molar-refractivity contribution in [3.8, 4) is 0 Å². The summed E-state index contributed by atoms with van der Waals surface area (Å²) in [7, 11) is 0. The van der Waals surface area contributed by atoms with Crippen molar-refractivity contribution in [2.24, 2.45) is 0 Å². The highest BCUT2D eigenvalue weighted by Gasteiger charge is 2.07. The van der Waals surface area contributed by atoms with Gasteiger partial charge >= 0.3 is 0 Å². The maximum absolute atomic E-state index is 13.0. The molecule has 1 amide bonds. The van der Waals surface area contributed by atoms with Gasteiger partial charge in [-0.25, -0.2) is 4.39 Å². The monoisotopic (exact) mass is 306 g/mol. The Morgan fingerprint density at radius 1 is 1.14 bits per heavy atom. The Balaban J connectivity index is 1.96. The zero-order chi connectivity index (χ0) is 15.4. The first-order valence-corrected chi connectivity index (χ1v) is 6.89. The van der Waals surface area contributed by atoms with E-state index in [1.807, 2.05) is 13.0 Å². The second kappa shape index (κ2) is 6.59. The number of aryl methyl sites for hydroxylation is 2. The Kier molecular flexibility index (Phi) is 4.81. The van der Waals surface area contributed by atoms with Crippen molar-refractivity contribution in [1.82, 2.24) is 0 Å². The van der Waals surface area contributed by atoms with Crippen molar-refractivity contribution in [3.05, 3.63) is 58.4 Å². The van der Waals surface area contributed by atoms with Crippen molar-refractivity contribution in [3.63, 3.8) is 0 Å². The van der Waals surface area contributed by atoms with Crippen LogP contribution in [0.2, 0.25) is 5.02 Å². The molecule has 0 aliphatic heterocycles. The molecule has 0 bridgehead atoms. The van der Waals surface area contributed by atoms with E-state index in [0.717, 1.165) is 16.8 Å². The topological polar surface area (TPSA) is 41.1 Å². The van der Waals surface area contributed by atoms with Crippen LogP contribution in [-0.2, 0) is 4.79 Å². The molecule has 0 saturated heterocycles. The quantitative estimate of drug-likeness (QED) is 0.891. The van der Waals surface area contributed by atoms with Crippen LogP contribution in [0.1, 0.15) is 11.1 Å². The summed E-state index contributed by atoms with van der Waals surface area (Å²) in [4.78, 5) is 11.9. The number of anilines is 2. The van der Waals surface area contributed by atoms with Gasteiger partial charge in [0.2, 0.25) is 5.91 Å². The molecule has 0 aliphatic carbocycles. The van der Waals surface area contributed by atoms with Gasteiger partial charge in [0, 0.05) is 5.69 Å². The molecule has 0 unspecified atom stereocenters. The Labute approximate surface area is 128 Å². The molecule has 0 heterocycles. The van der Waals surface area contributed by atoms with E-state index in [0.29, 0.717) is 10.7 Å². The number of hydrogen-bond donors (Lipinski definition) is 2. The van der Waals surface area contributed by atoms with E-state index >= 15 is 0 Å². The van der Waals surface area contributed by atoms with Gasteiger partial charge in [-0.1, -0.05) is 17.7 Å². The molecular weight excluding hydrogens is 291 g/mol. The first-order valence-electron chi connectivity index (χ1n) is 6.52. The second-order valence-electron chi connectivity index (χ2n) is 4.84. The summed E-state index contributed by atoms with van der Waals surface area (Å²) in [6, 6.07) is 9.80. The second-order valence-corrected chi connectivity index (χ2v) is 5.25. The number of nitrogens with one attached hydrogen (secondary N) is 2. The summed E-state index contributed by atoms with van der Waals surface area (Å²) in [5.41, 5.74) is 3.07. The SMILES string of the molecule is Cc1ccc(NC(=O)CNc2ccc(F)cc2C)c(Cl)c1. The van der Waals surface area contributed by atoms with Gasteiger partial charge in [0.05, 0.1) is 17.3 Å². The molecule has 0 spiro atoms. The third kappa shape index (κ3) is 4.20. The van der Waals surface area contributed by atoms with Crippen LogP contribution in [-0.4, -0.2) is 12.5 Å². The molecular formula is C16H16ClFN2O. The van der Waals surface area contributed by atoms with E-state index in [2.05, 4.69) is 10.6 Å². The van der Waals surface area contributed by atoms with Crippen LogP contribution in [0.25, 0.3) is 0 Å². The van der Waals surface area contributed by atoms with Crippen LogP contribution < -0.4 is 10.6 Å². The lowest BCUT2D eigenvalue weighted by Gasteiger charge is -2.11. The molecule has 2 rings (SSSR count). The minimum absolute atomic E-state index is 0.0800. The normalized spacial score (nSPS) is 10.3. The van der Waals surface area contributed by atoms with E-state index < -0.39 is 0 Å². The fourth-order valence-corrected chi connectivity index (χ4v) is 2.20. The lowest BCUT2D eigenvalue weighted by Crippen LogP contribution is -2.22. The predicted octanol–water partition coefficient (Wildman–Crippen LogP) is 4.15. The van der Waals surface area contributed by atoms with Gasteiger partial charge in [-0.15, -0.1) is 0 Å². The molecule has 2 aromatic rings. The molecule has 2 aromatic carbocycles. The zero-order valence-electron chi connectivity index (χ0n) is 11.8. The van der Waals surface area contributed by atoms with Crippen LogP contribution in [0.15, 0.2) is 36.4 Å². The van der Waals surface area contributed by atoms with Crippen molar-refractivity contribution in [2.45, 2.75) is 13.8 Å².